The smallest absolute Gasteiger partial charge is 0.254 e. The minimum absolute atomic E-state index is 0.00510. The van der Waals surface area contributed by atoms with E-state index in [1.165, 1.54) is 4.90 Å². The Hall–Kier alpha value is -3.41. The lowest BCUT2D eigenvalue weighted by Crippen LogP contribution is -2.55. The molecule has 0 bridgehead atoms. The zero-order valence-corrected chi connectivity index (χ0v) is 14.0. The fourth-order valence-electron chi connectivity index (χ4n) is 3.17. The summed E-state index contributed by atoms with van der Waals surface area (Å²) in [5.41, 5.74) is 1.44. The van der Waals surface area contributed by atoms with Gasteiger partial charge in [-0.15, -0.1) is 0 Å². The van der Waals surface area contributed by atoms with Gasteiger partial charge in [-0.2, -0.15) is 0 Å². The van der Waals surface area contributed by atoms with E-state index in [0.717, 1.165) is 5.56 Å². The number of pyridine rings is 1. The Morgan fingerprint density at radius 1 is 1.00 bits per heavy atom. The summed E-state index contributed by atoms with van der Waals surface area (Å²) >= 11 is 0. The van der Waals surface area contributed by atoms with E-state index in [1.807, 2.05) is 30.3 Å². The summed E-state index contributed by atoms with van der Waals surface area (Å²) in [5, 5.41) is 0. The van der Waals surface area contributed by atoms with Gasteiger partial charge in [0, 0.05) is 18.1 Å². The van der Waals surface area contributed by atoms with Crippen molar-refractivity contribution in [2.24, 2.45) is 0 Å². The highest BCUT2D eigenvalue weighted by atomic mass is 16.3. The first kappa shape index (κ1) is 16.1. The van der Waals surface area contributed by atoms with Crippen LogP contribution in [-0.2, 0) is 16.1 Å². The molecule has 26 heavy (non-hydrogen) atoms. The maximum Gasteiger partial charge on any atom is 0.254 e. The lowest BCUT2D eigenvalue weighted by atomic mass is 10.0. The molecule has 1 unspecified atom stereocenters. The maximum atomic E-state index is 13.3. The summed E-state index contributed by atoms with van der Waals surface area (Å²) in [6, 6.07) is 15.6. The van der Waals surface area contributed by atoms with Crippen LogP contribution in [0.4, 0.5) is 5.69 Å². The number of amides is 2. The summed E-state index contributed by atoms with van der Waals surface area (Å²) < 4.78 is 5.38. The van der Waals surface area contributed by atoms with Crippen molar-refractivity contribution in [3.63, 3.8) is 0 Å². The molecule has 1 aliphatic rings. The fourth-order valence-corrected chi connectivity index (χ4v) is 3.17. The Kier molecular flexibility index (Phi) is 4.23. The van der Waals surface area contributed by atoms with Gasteiger partial charge in [-0.3, -0.25) is 14.6 Å². The summed E-state index contributed by atoms with van der Waals surface area (Å²) in [7, 11) is 0. The van der Waals surface area contributed by atoms with Gasteiger partial charge in [0.2, 0.25) is 5.91 Å². The second-order valence-electron chi connectivity index (χ2n) is 6.04. The van der Waals surface area contributed by atoms with Crippen LogP contribution in [0, 0.1) is 0 Å². The van der Waals surface area contributed by atoms with Gasteiger partial charge in [-0.05, 0) is 42.0 Å². The molecule has 0 saturated carbocycles. The molecule has 1 atom stereocenters. The average molecular weight is 347 g/mol. The van der Waals surface area contributed by atoms with Crippen LogP contribution in [-0.4, -0.2) is 28.2 Å². The van der Waals surface area contributed by atoms with Crippen molar-refractivity contribution in [1.29, 1.82) is 0 Å². The zero-order chi connectivity index (χ0) is 17.9. The molecule has 1 aliphatic heterocycles. The molecule has 6 heteroatoms. The molecule has 1 aromatic carbocycles. The van der Waals surface area contributed by atoms with Crippen molar-refractivity contribution in [2.75, 3.05) is 11.4 Å². The molecule has 3 heterocycles. The number of carbonyl (C=O) groups is 2. The highest BCUT2D eigenvalue weighted by Gasteiger charge is 2.41. The molecule has 2 aromatic heterocycles. The van der Waals surface area contributed by atoms with Crippen LogP contribution < -0.4 is 4.90 Å². The Balaban J connectivity index is 1.73. The number of rotatable bonds is 4. The Bertz CT molecular complexity index is 895. The average Bonchev–Trinajstić information content (AvgIpc) is 3.19. The van der Waals surface area contributed by atoms with Crippen LogP contribution in [0.5, 0.6) is 0 Å². The fraction of sp³-hybridized carbons (Fsp3) is 0.150. The number of hydrogen-bond acceptors (Lipinski definition) is 4. The van der Waals surface area contributed by atoms with Crippen LogP contribution in [0.3, 0.4) is 0 Å². The van der Waals surface area contributed by atoms with Crippen LogP contribution in [0.2, 0.25) is 0 Å². The molecule has 4 rings (SSSR count). The predicted octanol–water partition coefficient (Wildman–Crippen LogP) is 2.79. The molecule has 1 saturated heterocycles. The summed E-state index contributed by atoms with van der Waals surface area (Å²) in [4.78, 5) is 33.3. The molecule has 0 N–H and O–H groups in total. The van der Waals surface area contributed by atoms with Crippen molar-refractivity contribution in [2.45, 2.75) is 12.6 Å². The lowest BCUT2D eigenvalue weighted by molar-refractivity contribution is -0.144. The van der Waals surface area contributed by atoms with E-state index >= 15 is 0 Å². The number of para-hydroxylation sites is 1. The molecular weight excluding hydrogens is 330 g/mol. The third-order valence-corrected chi connectivity index (χ3v) is 4.42. The van der Waals surface area contributed by atoms with Gasteiger partial charge in [0.15, 0.2) is 0 Å². The minimum atomic E-state index is -0.718. The first-order valence-electron chi connectivity index (χ1n) is 8.32. The van der Waals surface area contributed by atoms with Gasteiger partial charge in [-0.1, -0.05) is 18.2 Å². The molecule has 2 amide bonds. The van der Waals surface area contributed by atoms with E-state index in [1.54, 1.807) is 47.8 Å². The summed E-state index contributed by atoms with van der Waals surface area (Å²) in [6.45, 7) is 0.248. The van der Waals surface area contributed by atoms with Gasteiger partial charge in [0.1, 0.15) is 18.3 Å². The van der Waals surface area contributed by atoms with E-state index in [0.29, 0.717) is 11.4 Å². The molecule has 0 radical (unpaired) electrons. The quantitative estimate of drug-likeness (QED) is 0.728. The second kappa shape index (κ2) is 6.84. The minimum Gasteiger partial charge on any atom is -0.467 e. The Morgan fingerprint density at radius 2 is 1.77 bits per heavy atom. The Morgan fingerprint density at radius 3 is 2.46 bits per heavy atom. The number of nitrogens with zero attached hydrogens (tertiary/aromatic N) is 3. The first-order valence-corrected chi connectivity index (χ1v) is 8.32. The number of piperazine rings is 1. The SMILES string of the molecule is O=C1C(c2ccncc2)N(Cc2ccco2)C(=O)CN1c1ccccc1. The largest absolute Gasteiger partial charge is 0.467 e. The van der Waals surface area contributed by atoms with Gasteiger partial charge < -0.3 is 14.2 Å². The standard InChI is InChI=1S/C20H17N3O3/c24-18-14-22(16-5-2-1-3-6-16)20(25)19(15-8-10-21-11-9-15)23(18)13-17-7-4-12-26-17/h1-12,19H,13-14H2. The van der Waals surface area contributed by atoms with Gasteiger partial charge >= 0.3 is 0 Å². The predicted molar refractivity (Wildman–Crippen MR) is 95.0 cm³/mol. The molecule has 3 aromatic rings. The number of benzene rings is 1. The highest BCUT2D eigenvalue weighted by Crippen LogP contribution is 2.31. The van der Waals surface area contributed by atoms with Gasteiger partial charge in [0.05, 0.1) is 12.8 Å². The van der Waals surface area contributed by atoms with E-state index in [9.17, 15) is 9.59 Å². The number of furan rings is 1. The molecule has 130 valence electrons. The zero-order valence-electron chi connectivity index (χ0n) is 14.0. The third kappa shape index (κ3) is 2.97. The molecular formula is C20H17N3O3. The van der Waals surface area contributed by atoms with E-state index in [-0.39, 0.29) is 24.9 Å². The maximum absolute atomic E-state index is 13.3. The van der Waals surface area contributed by atoms with Gasteiger partial charge in [-0.25, -0.2) is 0 Å². The van der Waals surface area contributed by atoms with Crippen molar-refractivity contribution < 1.29 is 14.0 Å². The van der Waals surface area contributed by atoms with Crippen molar-refractivity contribution in [1.82, 2.24) is 9.88 Å². The molecule has 6 nitrogen and oxygen atoms in total. The molecule has 1 fully saturated rings. The second-order valence-corrected chi connectivity index (χ2v) is 6.04. The summed E-state index contributed by atoms with van der Waals surface area (Å²) in [5.74, 6) is 0.360. The Labute approximate surface area is 150 Å². The monoisotopic (exact) mass is 347 g/mol. The van der Waals surface area contributed by atoms with E-state index in [2.05, 4.69) is 4.98 Å². The number of aromatic nitrogens is 1. The topological polar surface area (TPSA) is 66.7 Å². The van der Waals surface area contributed by atoms with Gasteiger partial charge in [0.25, 0.3) is 5.91 Å². The lowest BCUT2D eigenvalue weighted by Gasteiger charge is -2.40. The van der Waals surface area contributed by atoms with Crippen molar-refractivity contribution in [3.05, 3.63) is 84.6 Å². The first-order chi connectivity index (χ1) is 12.7. The van der Waals surface area contributed by atoms with E-state index < -0.39 is 6.04 Å². The van der Waals surface area contributed by atoms with Crippen molar-refractivity contribution in [3.8, 4) is 0 Å². The van der Waals surface area contributed by atoms with Crippen LogP contribution >= 0.6 is 0 Å². The summed E-state index contributed by atoms with van der Waals surface area (Å²) in [6.07, 6.45) is 4.81. The van der Waals surface area contributed by atoms with Crippen LogP contribution in [0.1, 0.15) is 17.4 Å². The highest BCUT2D eigenvalue weighted by molar-refractivity contribution is 6.06. The number of hydrogen-bond donors (Lipinski definition) is 0. The third-order valence-electron chi connectivity index (χ3n) is 4.42. The van der Waals surface area contributed by atoms with E-state index in [4.69, 9.17) is 4.42 Å². The van der Waals surface area contributed by atoms with Crippen LogP contribution in [0.25, 0.3) is 0 Å². The number of carbonyl (C=O) groups excluding carboxylic acids is 2. The van der Waals surface area contributed by atoms with Crippen LogP contribution in [0.15, 0.2) is 77.7 Å². The molecule has 0 spiro atoms. The normalized spacial score (nSPS) is 17.6. The van der Waals surface area contributed by atoms with Crippen molar-refractivity contribution >= 4 is 17.5 Å². The number of anilines is 1. The molecule has 0 aliphatic carbocycles.